The summed E-state index contributed by atoms with van der Waals surface area (Å²) in [6.07, 6.45) is -10.0. The number of aliphatic carboxylic acids is 1. The van der Waals surface area contributed by atoms with E-state index in [0.29, 0.717) is 0 Å². The number of ether oxygens (including phenoxy) is 1. The molecule has 0 saturated heterocycles. The standard InChI is InChI=1S/C9H5F5N2O5/c10-8(11)6-7(16(19)20)3(2-5(17)18)1-4(15-6)21-9(12,13)14/h1,8H,2H2,(H,17,18). The first-order valence-corrected chi connectivity index (χ1v) is 4.95. The van der Waals surface area contributed by atoms with Crippen molar-refractivity contribution in [2.75, 3.05) is 0 Å². The van der Waals surface area contributed by atoms with Gasteiger partial charge in [0, 0.05) is 11.6 Å². The van der Waals surface area contributed by atoms with Gasteiger partial charge in [-0.3, -0.25) is 14.9 Å². The lowest BCUT2D eigenvalue weighted by Gasteiger charge is -2.11. The molecule has 12 heteroatoms. The van der Waals surface area contributed by atoms with Crippen LogP contribution in [0.1, 0.15) is 17.7 Å². The Morgan fingerprint density at radius 3 is 2.43 bits per heavy atom. The molecule has 0 radical (unpaired) electrons. The van der Waals surface area contributed by atoms with Gasteiger partial charge in [0.1, 0.15) is 0 Å². The summed E-state index contributed by atoms with van der Waals surface area (Å²) in [5.74, 6) is -3.07. The lowest BCUT2D eigenvalue weighted by Crippen LogP contribution is -2.19. The third kappa shape index (κ3) is 4.50. The molecule has 1 aromatic rings. The van der Waals surface area contributed by atoms with Gasteiger partial charge in [-0.2, -0.15) is 0 Å². The van der Waals surface area contributed by atoms with E-state index in [-0.39, 0.29) is 6.07 Å². The van der Waals surface area contributed by atoms with Crippen LogP contribution in [0, 0.1) is 10.1 Å². The van der Waals surface area contributed by atoms with Crippen LogP contribution in [0.3, 0.4) is 0 Å². The smallest absolute Gasteiger partial charge is 0.481 e. The summed E-state index contributed by atoms with van der Waals surface area (Å²) < 4.78 is 64.7. The molecule has 1 heterocycles. The van der Waals surface area contributed by atoms with E-state index in [2.05, 4.69) is 9.72 Å². The van der Waals surface area contributed by atoms with Crippen molar-refractivity contribution in [2.24, 2.45) is 0 Å². The van der Waals surface area contributed by atoms with Crippen LogP contribution in [-0.2, 0) is 11.2 Å². The van der Waals surface area contributed by atoms with E-state index in [4.69, 9.17) is 5.11 Å². The van der Waals surface area contributed by atoms with Crippen molar-refractivity contribution < 1.29 is 41.5 Å². The highest BCUT2D eigenvalue weighted by atomic mass is 19.4. The fraction of sp³-hybridized carbons (Fsp3) is 0.333. The number of aromatic nitrogens is 1. The van der Waals surface area contributed by atoms with Gasteiger partial charge in [-0.05, 0) is 0 Å². The van der Waals surface area contributed by atoms with Crippen molar-refractivity contribution in [3.05, 3.63) is 27.4 Å². The van der Waals surface area contributed by atoms with E-state index in [1.165, 1.54) is 0 Å². The molecule has 1 aromatic heterocycles. The lowest BCUT2D eigenvalue weighted by atomic mass is 10.1. The molecule has 0 bridgehead atoms. The maximum atomic E-state index is 12.7. The summed E-state index contributed by atoms with van der Waals surface area (Å²) in [5, 5.41) is 19.2. The van der Waals surface area contributed by atoms with Crippen molar-refractivity contribution in [1.82, 2.24) is 4.98 Å². The Hall–Kier alpha value is -2.53. The Labute approximate surface area is 112 Å². The summed E-state index contributed by atoms with van der Waals surface area (Å²) in [6.45, 7) is 0. The number of nitrogens with zero attached hydrogens (tertiary/aromatic N) is 2. The summed E-state index contributed by atoms with van der Waals surface area (Å²) in [5.41, 5.74) is -3.84. The number of carboxylic acid groups (broad SMARTS) is 1. The Kier molecular flexibility index (Phi) is 4.60. The zero-order valence-corrected chi connectivity index (χ0v) is 9.73. The van der Waals surface area contributed by atoms with Gasteiger partial charge in [0.25, 0.3) is 6.43 Å². The molecule has 0 fully saturated rings. The summed E-state index contributed by atoms with van der Waals surface area (Å²) in [4.78, 5) is 22.6. The minimum Gasteiger partial charge on any atom is -0.481 e. The number of hydrogen-bond acceptors (Lipinski definition) is 5. The van der Waals surface area contributed by atoms with E-state index >= 15 is 0 Å². The van der Waals surface area contributed by atoms with Gasteiger partial charge in [0.2, 0.25) is 5.88 Å². The Morgan fingerprint density at radius 1 is 1.48 bits per heavy atom. The topological polar surface area (TPSA) is 103 Å². The average Bonchev–Trinajstić information content (AvgIpc) is 2.24. The molecule has 0 aliphatic carbocycles. The van der Waals surface area contributed by atoms with Crippen molar-refractivity contribution in [2.45, 2.75) is 19.2 Å². The molecule has 0 saturated carbocycles. The molecule has 0 atom stereocenters. The lowest BCUT2D eigenvalue weighted by molar-refractivity contribution is -0.387. The minimum atomic E-state index is -5.27. The zero-order valence-electron chi connectivity index (χ0n) is 9.73. The van der Waals surface area contributed by atoms with Crippen LogP contribution in [0.2, 0.25) is 0 Å². The van der Waals surface area contributed by atoms with Crippen LogP contribution >= 0.6 is 0 Å². The largest absolute Gasteiger partial charge is 0.574 e. The predicted molar refractivity (Wildman–Crippen MR) is 53.9 cm³/mol. The molecule has 1 rings (SSSR count). The van der Waals surface area contributed by atoms with Crippen LogP contribution in [0.5, 0.6) is 5.88 Å². The van der Waals surface area contributed by atoms with Crippen molar-refractivity contribution in [3.63, 3.8) is 0 Å². The third-order valence-corrected chi connectivity index (χ3v) is 2.03. The van der Waals surface area contributed by atoms with Crippen LogP contribution < -0.4 is 4.74 Å². The maximum Gasteiger partial charge on any atom is 0.574 e. The first-order chi connectivity index (χ1) is 9.51. The van der Waals surface area contributed by atoms with Gasteiger partial charge in [-0.25, -0.2) is 13.8 Å². The fourth-order valence-electron chi connectivity index (χ4n) is 1.42. The highest BCUT2D eigenvalue weighted by molar-refractivity contribution is 5.72. The number of carbonyl (C=O) groups is 1. The molecule has 7 nitrogen and oxygen atoms in total. The third-order valence-electron chi connectivity index (χ3n) is 2.03. The molecule has 0 aliphatic rings. The Balaban J connectivity index is 3.49. The second-order valence-electron chi connectivity index (χ2n) is 3.53. The normalized spacial score (nSPS) is 11.5. The van der Waals surface area contributed by atoms with Gasteiger partial charge in [-0.15, -0.1) is 13.2 Å². The second-order valence-corrected chi connectivity index (χ2v) is 3.53. The molecule has 21 heavy (non-hydrogen) atoms. The minimum absolute atomic E-state index is 0.283. The number of pyridine rings is 1. The first-order valence-electron chi connectivity index (χ1n) is 4.95. The first kappa shape index (κ1) is 16.5. The monoisotopic (exact) mass is 316 g/mol. The van der Waals surface area contributed by atoms with E-state index in [0.717, 1.165) is 0 Å². The number of alkyl halides is 5. The summed E-state index contributed by atoms with van der Waals surface area (Å²) in [6, 6.07) is 0.283. The van der Waals surface area contributed by atoms with Crippen LogP contribution in [0.15, 0.2) is 6.07 Å². The molecule has 1 N–H and O–H groups in total. The van der Waals surface area contributed by atoms with E-state index in [1.54, 1.807) is 0 Å². The Bertz CT molecular complexity index is 574. The number of nitro groups is 1. The molecular formula is C9H5F5N2O5. The predicted octanol–water partition coefficient (Wildman–Crippen LogP) is 2.45. The van der Waals surface area contributed by atoms with E-state index < -0.39 is 52.9 Å². The zero-order chi connectivity index (χ0) is 16.4. The second kappa shape index (κ2) is 5.85. The van der Waals surface area contributed by atoms with Crippen molar-refractivity contribution >= 4 is 11.7 Å². The quantitative estimate of drug-likeness (QED) is 0.508. The molecule has 0 unspecified atom stereocenters. The van der Waals surface area contributed by atoms with Crippen LogP contribution in [0.25, 0.3) is 0 Å². The molecule has 0 amide bonds. The van der Waals surface area contributed by atoms with Crippen molar-refractivity contribution in [3.8, 4) is 5.88 Å². The van der Waals surface area contributed by atoms with Gasteiger partial charge in [-0.1, -0.05) is 0 Å². The molecule has 116 valence electrons. The fourth-order valence-corrected chi connectivity index (χ4v) is 1.42. The van der Waals surface area contributed by atoms with Gasteiger partial charge < -0.3 is 9.84 Å². The van der Waals surface area contributed by atoms with E-state index in [9.17, 15) is 36.9 Å². The number of rotatable bonds is 5. The molecule has 0 spiro atoms. The van der Waals surface area contributed by atoms with Crippen LogP contribution in [0.4, 0.5) is 27.6 Å². The number of hydrogen-bond donors (Lipinski definition) is 1. The maximum absolute atomic E-state index is 12.7. The molecular weight excluding hydrogens is 311 g/mol. The van der Waals surface area contributed by atoms with E-state index in [1.807, 2.05) is 0 Å². The summed E-state index contributed by atoms with van der Waals surface area (Å²) in [7, 11) is 0. The van der Waals surface area contributed by atoms with Gasteiger partial charge in [0.15, 0.2) is 5.69 Å². The van der Waals surface area contributed by atoms with Crippen LogP contribution in [-0.4, -0.2) is 27.3 Å². The van der Waals surface area contributed by atoms with Gasteiger partial charge >= 0.3 is 18.0 Å². The average molecular weight is 316 g/mol. The Morgan fingerprint density at radius 2 is 2.05 bits per heavy atom. The number of halogens is 5. The number of carboxylic acids is 1. The molecule has 0 aliphatic heterocycles. The SMILES string of the molecule is O=C(O)Cc1cc(OC(F)(F)F)nc(C(F)F)c1[N+](=O)[O-]. The van der Waals surface area contributed by atoms with Gasteiger partial charge in [0.05, 0.1) is 11.3 Å². The van der Waals surface area contributed by atoms with Crippen molar-refractivity contribution in [1.29, 1.82) is 0 Å². The molecule has 0 aromatic carbocycles. The highest BCUT2D eigenvalue weighted by Gasteiger charge is 2.35. The highest BCUT2D eigenvalue weighted by Crippen LogP contribution is 2.34. The summed E-state index contributed by atoms with van der Waals surface area (Å²) >= 11 is 0.